The Morgan fingerprint density at radius 1 is 1.05 bits per heavy atom. The van der Waals surface area contributed by atoms with Crippen molar-refractivity contribution in [3.63, 3.8) is 0 Å². The van der Waals surface area contributed by atoms with Gasteiger partial charge in [0.2, 0.25) is 0 Å². The van der Waals surface area contributed by atoms with Crippen LogP contribution < -0.4 is 5.32 Å². The van der Waals surface area contributed by atoms with Crippen LogP contribution in [0.25, 0.3) is 0 Å². The summed E-state index contributed by atoms with van der Waals surface area (Å²) in [6.45, 7) is 10.6. The molecule has 0 saturated heterocycles. The van der Waals surface area contributed by atoms with Gasteiger partial charge in [-0.2, -0.15) is 0 Å². The van der Waals surface area contributed by atoms with Crippen molar-refractivity contribution in [2.24, 2.45) is 0 Å². The second-order valence-corrected chi connectivity index (χ2v) is 5.53. The van der Waals surface area contributed by atoms with Crippen molar-refractivity contribution in [1.29, 1.82) is 0 Å². The van der Waals surface area contributed by atoms with Gasteiger partial charge in [-0.15, -0.1) is 0 Å². The van der Waals surface area contributed by atoms with E-state index in [4.69, 9.17) is 4.74 Å². The van der Waals surface area contributed by atoms with Gasteiger partial charge in [-0.1, -0.05) is 51.5 Å². The number of ether oxygens (including phenoxy) is 1. The van der Waals surface area contributed by atoms with Gasteiger partial charge in [-0.3, -0.25) is 0 Å². The van der Waals surface area contributed by atoms with Crippen LogP contribution in [0.5, 0.6) is 0 Å². The second kappa shape index (κ2) is 9.95. The summed E-state index contributed by atoms with van der Waals surface area (Å²) in [7, 11) is 0. The third-order valence-electron chi connectivity index (χ3n) is 3.67. The molecule has 0 amide bonds. The molecular weight excluding hydrogens is 246 g/mol. The maximum atomic E-state index is 5.99. The van der Waals surface area contributed by atoms with E-state index in [1.807, 2.05) is 0 Å². The van der Waals surface area contributed by atoms with E-state index in [0.717, 1.165) is 32.4 Å². The van der Waals surface area contributed by atoms with Crippen molar-refractivity contribution in [3.8, 4) is 0 Å². The van der Waals surface area contributed by atoms with E-state index >= 15 is 0 Å². The molecule has 1 aromatic carbocycles. The van der Waals surface area contributed by atoms with Gasteiger partial charge in [-0.25, -0.2) is 0 Å². The lowest BCUT2D eigenvalue weighted by molar-refractivity contribution is 0.0440. The third kappa shape index (κ3) is 6.06. The Labute approximate surface area is 124 Å². The summed E-state index contributed by atoms with van der Waals surface area (Å²) in [6.07, 6.45) is 4.90. The molecule has 2 nitrogen and oxygen atoms in total. The Bertz CT molecular complexity index is 347. The average molecular weight is 277 g/mol. The maximum Gasteiger partial charge on any atom is 0.0665 e. The fourth-order valence-corrected chi connectivity index (χ4v) is 2.33. The number of aryl methyl sites for hydroxylation is 1. The lowest BCUT2D eigenvalue weighted by Crippen LogP contribution is -2.28. The molecule has 0 heterocycles. The molecular formula is C18H31NO. The number of hydrogen-bond donors (Lipinski definition) is 1. The fraction of sp³-hybridized carbons (Fsp3) is 0.667. The largest absolute Gasteiger partial charge is 0.377 e. The van der Waals surface area contributed by atoms with Crippen molar-refractivity contribution in [2.45, 2.75) is 65.5 Å². The molecule has 0 bridgehead atoms. The zero-order valence-corrected chi connectivity index (χ0v) is 13.6. The molecule has 0 fully saturated rings. The van der Waals surface area contributed by atoms with Crippen LogP contribution in [0.1, 0.15) is 64.1 Å². The quantitative estimate of drug-likeness (QED) is 0.680. The van der Waals surface area contributed by atoms with Gasteiger partial charge < -0.3 is 10.1 Å². The van der Waals surface area contributed by atoms with Crippen molar-refractivity contribution in [2.75, 3.05) is 13.2 Å². The first-order valence-electron chi connectivity index (χ1n) is 8.15. The van der Waals surface area contributed by atoms with Gasteiger partial charge in [0.05, 0.1) is 18.8 Å². The molecule has 0 saturated carbocycles. The molecule has 0 aliphatic carbocycles. The predicted octanol–water partition coefficient (Wildman–Crippen LogP) is 4.49. The van der Waals surface area contributed by atoms with Gasteiger partial charge in [0.15, 0.2) is 0 Å². The Morgan fingerprint density at radius 2 is 1.75 bits per heavy atom. The summed E-state index contributed by atoms with van der Waals surface area (Å²) in [5, 5.41) is 3.60. The van der Waals surface area contributed by atoms with Crippen LogP contribution in [0.3, 0.4) is 0 Å². The van der Waals surface area contributed by atoms with E-state index in [0.29, 0.717) is 12.1 Å². The lowest BCUT2D eigenvalue weighted by atomic mass is 10.0. The highest BCUT2D eigenvalue weighted by Crippen LogP contribution is 2.16. The Kier molecular flexibility index (Phi) is 8.56. The van der Waals surface area contributed by atoms with Gasteiger partial charge in [0.25, 0.3) is 0 Å². The van der Waals surface area contributed by atoms with Crippen LogP contribution in [0.15, 0.2) is 24.3 Å². The Morgan fingerprint density at radius 3 is 2.30 bits per heavy atom. The summed E-state index contributed by atoms with van der Waals surface area (Å²) in [5.41, 5.74) is 2.72. The molecule has 2 heteroatoms. The standard InChI is InChI=1S/C18H31NO/c1-5-8-15(4)20-14-18(19-13-6-2)17-11-9-16(7-3)10-12-17/h9-12,15,18-19H,5-8,13-14H2,1-4H3. The van der Waals surface area contributed by atoms with E-state index in [9.17, 15) is 0 Å². The normalized spacial score (nSPS) is 14.2. The summed E-state index contributed by atoms with van der Waals surface area (Å²) in [5.74, 6) is 0. The molecule has 2 atom stereocenters. The van der Waals surface area contributed by atoms with E-state index in [1.165, 1.54) is 17.5 Å². The summed E-state index contributed by atoms with van der Waals surface area (Å²) in [4.78, 5) is 0. The van der Waals surface area contributed by atoms with E-state index in [2.05, 4.69) is 57.3 Å². The summed E-state index contributed by atoms with van der Waals surface area (Å²) >= 11 is 0. The van der Waals surface area contributed by atoms with Crippen LogP contribution in [0.2, 0.25) is 0 Å². The first-order valence-corrected chi connectivity index (χ1v) is 8.15. The molecule has 0 aliphatic rings. The molecule has 1 aromatic rings. The molecule has 1 N–H and O–H groups in total. The predicted molar refractivity (Wildman–Crippen MR) is 87.2 cm³/mol. The molecule has 114 valence electrons. The minimum Gasteiger partial charge on any atom is -0.377 e. The molecule has 0 aromatic heterocycles. The fourth-order valence-electron chi connectivity index (χ4n) is 2.33. The Balaban J connectivity index is 2.61. The lowest BCUT2D eigenvalue weighted by Gasteiger charge is -2.22. The summed E-state index contributed by atoms with van der Waals surface area (Å²) in [6, 6.07) is 9.23. The second-order valence-electron chi connectivity index (χ2n) is 5.53. The monoisotopic (exact) mass is 277 g/mol. The maximum absolute atomic E-state index is 5.99. The number of rotatable bonds is 10. The van der Waals surface area contributed by atoms with E-state index in [-0.39, 0.29) is 0 Å². The van der Waals surface area contributed by atoms with Crippen LogP contribution in [0.4, 0.5) is 0 Å². The van der Waals surface area contributed by atoms with Crippen LogP contribution in [0, 0.1) is 0 Å². The van der Waals surface area contributed by atoms with Crippen molar-refractivity contribution >= 4 is 0 Å². The van der Waals surface area contributed by atoms with Crippen LogP contribution in [-0.2, 0) is 11.2 Å². The smallest absolute Gasteiger partial charge is 0.0665 e. The highest BCUT2D eigenvalue weighted by molar-refractivity contribution is 5.25. The highest BCUT2D eigenvalue weighted by Gasteiger charge is 2.12. The minimum atomic E-state index is 0.306. The van der Waals surface area contributed by atoms with Gasteiger partial charge in [-0.05, 0) is 43.9 Å². The highest BCUT2D eigenvalue weighted by atomic mass is 16.5. The average Bonchev–Trinajstić information content (AvgIpc) is 2.48. The number of benzene rings is 1. The number of hydrogen-bond acceptors (Lipinski definition) is 2. The van der Waals surface area contributed by atoms with Crippen LogP contribution >= 0.6 is 0 Å². The van der Waals surface area contributed by atoms with Gasteiger partial charge in [0, 0.05) is 0 Å². The minimum absolute atomic E-state index is 0.306. The molecule has 0 radical (unpaired) electrons. The molecule has 20 heavy (non-hydrogen) atoms. The van der Waals surface area contributed by atoms with Crippen molar-refractivity contribution < 1.29 is 4.74 Å². The van der Waals surface area contributed by atoms with Crippen molar-refractivity contribution in [3.05, 3.63) is 35.4 Å². The molecule has 2 unspecified atom stereocenters. The first kappa shape index (κ1) is 17.2. The molecule has 1 rings (SSSR count). The summed E-state index contributed by atoms with van der Waals surface area (Å²) < 4.78 is 5.99. The Hall–Kier alpha value is -0.860. The van der Waals surface area contributed by atoms with Gasteiger partial charge >= 0.3 is 0 Å². The topological polar surface area (TPSA) is 21.3 Å². The zero-order valence-electron chi connectivity index (χ0n) is 13.6. The van der Waals surface area contributed by atoms with Crippen molar-refractivity contribution in [1.82, 2.24) is 5.32 Å². The van der Waals surface area contributed by atoms with E-state index in [1.54, 1.807) is 0 Å². The third-order valence-corrected chi connectivity index (χ3v) is 3.67. The first-order chi connectivity index (χ1) is 9.71. The molecule has 0 spiro atoms. The zero-order chi connectivity index (χ0) is 14.8. The molecule has 0 aliphatic heterocycles. The van der Waals surface area contributed by atoms with E-state index < -0.39 is 0 Å². The number of nitrogens with one attached hydrogen (secondary N) is 1. The van der Waals surface area contributed by atoms with Crippen LogP contribution in [-0.4, -0.2) is 19.3 Å². The SMILES string of the molecule is CCCNC(COC(C)CCC)c1ccc(CC)cc1. The van der Waals surface area contributed by atoms with Gasteiger partial charge in [0.1, 0.15) is 0 Å².